The summed E-state index contributed by atoms with van der Waals surface area (Å²) >= 11 is 0. The van der Waals surface area contributed by atoms with Gasteiger partial charge in [-0.25, -0.2) is 0 Å². The first-order valence-corrected chi connectivity index (χ1v) is 12.1. The number of carbonyl (C=O) groups is 1. The van der Waals surface area contributed by atoms with Crippen molar-refractivity contribution < 1.29 is 22.1 Å². The van der Waals surface area contributed by atoms with Crippen LogP contribution in [0.4, 0.5) is 5.69 Å². The second-order valence-corrected chi connectivity index (χ2v) is 9.23. The van der Waals surface area contributed by atoms with Gasteiger partial charge in [0.25, 0.3) is 5.91 Å². The fraction of sp³-hybridized carbons (Fsp3) is 0.154. The Hall–Kier alpha value is -3.91. The van der Waals surface area contributed by atoms with Crippen molar-refractivity contribution in [1.29, 1.82) is 0 Å². The van der Waals surface area contributed by atoms with Crippen LogP contribution in [0.15, 0.2) is 88.4 Å². The molecule has 0 radical (unpaired) electrons. The van der Waals surface area contributed by atoms with Crippen LogP contribution in [0.2, 0.25) is 0 Å². The Labute approximate surface area is 199 Å². The Bertz CT molecular complexity index is 1380. The third kappa shape index (κ3) is 4.87. The number of amides is 1. The Morgan fingerprint density at radius 1 is 0.941 bits per heavy atom. The Balaban J connectivity index is 1.63. The molecule has 174 valence electrons. The van der Waals surface area contributed by atoms with Crippen LogP contribution in [0.25, 0.3) is 6.08 Å². The summed E-state index contributed by atoms with van der Waals surface area (Å²) in [5.41, 5.74) is 3.28. The van der Waals surface area contributed by atoms with Crippen molar-refractivity contribution >= 4 is 33.5 Å². The van der Waals surface area contributed by atoms with E-state index in [1.54, 1.807) is 44.2 Å². The molecule has 0 unspecified atom stereocenters. The highest BCUT2D eigenvalue weighted by Gasteiger charge is 2.28. The minimum Gasteiger partial charge on any atom is -0.490 e. The van der Waals surface area contributed by atoms with Crippen molar-refractivity contribution in [1.82, 2.24) is 0 Å². The van der Waals surface area contributed by atoms with Gasteiger partial charge in [0.05, 0.1) is 23.6 Å². The summed E-state index contributed by atoms with van der Waals surface area (Å²) < 4.78 is 36.5. The molecule has 0 aromatic heterocycles. The highest BCUT2D eigenvalue weighted by molar-refractivity contribution is 7.87. The molecule has 0 spiro atoms. The molecule has 3 aromatic rings. The average molecular weight is 477 g/mol. The van der Waals surface area contributed by atoms with Gasteiger partial charge in [0.1, 0.15) is 4.90 Å². The van der Waals surface area contributed by atoms with E-state index in [4.69, 9.17) is 8.92 Å². The number of ether oxygens (including phenoxy) is 1. The maximum atomic E-state index is 13.0. The predicted octanol–water partition coefficient (Wildman–Crippen LogP) is 4.97. The van der Waals surface area contributed by atoms with Gasteiger partial charge < -0.3 is 8.92 Å². The first-order chi connectivity index (χ1) is 16.3. The van der Waals surface area contributed by atoms with Gasteiger partial charge in [-0.1, -0.05) is 42.0 Å². The Morgan fingerprint density at radius 2 is 1.65 bits per heavy atom. The van der Waals surface area contributed by atoms with Crippen LogP contribution < -0.4 is 13.9 Å². The van der Waals surface area contributed by atoms with Gasteiger partial charge >= 0.3 is 10.1 Å². The summed E-state index contributed by atoms with van der Waals surface area (Å²) in [4.78, 5) is 13.0. The van der Waals surface area contributed by atoms with Gasteiger partial charge in [0, 0.05) is 0 Å². The lowest BCUT2D eigenvalue weighted by Gasteiger charge is -2.13. The second kappa shape index (κ2) is 9.52. The molecule has 7 nitrogen and oxygen atoms in total. The zero-order chi connectivity index (χ0) is 24.3. The number of rotatable bonds is 7. The number of anilines is 1. The standard InChI is InChI=1S/C26H24N2O5S/c1-4-32-25-17-20(12-15-24(25)33-34(30,31)22-13-10-18(2)11-14-22)16-23-19(3)27-28(26(23)29)21-8-6-5-7-9-21/h5-17H,4H2,1-3H3/b23-16+. The molecule has 1 aliphatic rings. The Morgan fingerprint density at radius 3 is 2.32 bits per heavy atom. The molecule has 0 fully saturated rings. The molecule has 34 heavy (non-hydrogen) atoms. The topological polar surface area (TPSA) is 85.3 Å². The predicted molar refractivity (Wildman–Crippen MR) is 132 cm³/mol. The Kier molecular flexibility index (Phi) is 6.51. The van der Waals surface area contributed by atoms with Crippen LogP contribution in [0.1, 0.15) is 25.0 Å². The number of carbonyl (C=O) groups excluding carboxylic acids is 1. The number of nitrogens with zero attached hydrogens (tertiary/aromatic N) is 2. The van der Waals surface area contributed by atoms with Crippen LogP contribution in [0, 0.1) is 6.92 Å². The van der Waals surface area contributed by atoms with E-state index < -0.39 is 10.1 Å². The number of hydrazone groups is 1. The van der Waals surface area contributed by atoms with Crippen molar-refractivity contribution in [3.05, 3.63) is 89.5 Å². The van der Waals surface area contributed by atoms with Crippen LogP contribution >= 0.6 is 0 Å². The van der Waals surface area contributed by atoms with Crippen molar-refractivity contribution in [3.8, 4) is 11.5 Å². The SMILES string of the molecule is CCOc1cc(/C=C2/C(=O)N(c3ccccc3)N=C2C)ccc1OS(=O)(=O)c1ccc(C)cc1. The van der Waals surface area contributed by atoms with Gasteiger partial charge in [0.15, 0.2) is 11.5 Å². The largest absolute Gasteiger partial charge is 0.490 e. The number of benzene rings is 3. The molecular formula is C26H24N2O5S. The number of hydrogen-bond acceptors (Lipinski definition) is 6. The first kappa shape index (κ1) is 23.3. The van der Waals surface area contributed by atoms with Gasteiger partial charge in [-0.15, -0.1) is 0 Å². The number of para-hydroxylation sites is 1. The van der Waals surface area contributed by atoms with E-state index in [1.165, 1.54) is 23.2 Å². The molecule has 1 amide bonds. The molecule has 4 rings (SSSR count). The zero-order valence-corrected chi connectivity index (χ0v) is 19.9. The molecule has 1 aliphatic heterocycles. The summed E-state index contributed by atoms with van der Waals surface area (Å²) in [7, 11) is -4.04. The normalized spacial score (nSPS) is 14.9. The van der Waals surface area contributed by atoms with Gasteiger partial charge in [-0.3, -0.25) is 4.79 Å². The lowest BCUT2D eigenvalue weighted by Crippen LogP contribution is -2.21. The van der Waals surface area contributed by atoms with Gasteiger partial charge in [-0.05, 0) is 68.8 Å². The van der Waals surface area contributed by atoms with Crippen molar-refractivity contribution in [2.75, 3.05) is 11.6 Å². The van der Waals surface area contributed by atoms with E-state index in [9.17, 15) is 13.2 Å². The fourth-order valence-electron chi connectivity index (χ4n) is 3.42. The van der Waals surface area contributed by atoms with E-state index in [0.29, 0.717) is 29.1 Å². The summed E-state index contributed by atoms with van der Waals surface area (Å²) in [6, 6.07) is 20.4. The third-order valence-corrected chi connectivity index (χ3v) is 6.40. The average Bonchev–Trinajstić information content (AvgIpc) is 3.10. The van der Waals surface area contributed by atoms with E-state index in [1.807, 2.05) is 37.3 Å². The smallest absolute Gasteiger partial charge is 0.339 e. The van der Waals surface area contributed by atoms with Crippen molar-refractivity contribution in [2.45, 2.75) is 25.7 Å². The minimum atomic E-state index is -4.04. The molecule has 0 aliphatic carbocycles. The molecule has 3 aromatic carbocycles. The maximum absolute atomic E-state index is 13.0. The van der Waals surface area contributed by atoms with Gasteiger partial charge in [0.2, 0.25) is 0 Å². The molecule has 0 atom stereocenters. The fourth-order valence-corrected chi connectivity index (χ4v) is 4.36. The third-order valence-electron chi connectivity index (χ3n) is 5.15. The highest BCUT2D eigenvalue weighted by Crippen LogP contribution is 2.33. The second-order valence-electron chi connectivity index (χ2n) is 7.69. The van der Waals surface area contributed by atoms with Crippen molar-refractivity contribution in [2.24, 2.45) is 5.10 Å². The van der Waals surface area contributed by atoms with Crippen LogP contribution in [0.5, 0.6) is 11.5 Å². The summed E-state index contributed by atoms with van der Waals surface area (Å²) in [5.74, 6) is 0.0787. The lowest BCUT2D eigenvalue weighted by molar-refractivity contribution is -0.114. The monoisotopic (exact) mass is 476 g/mol. The molecular weight excluding hydrogens is 452 g/mol. The van der Waals surface area contributed by atoms with E-state index in [-0.39, 0.29) is 22.3 Å². The zero-order valence-electron chi connectivity index (χ0n) is 19.1. The van der Waals surface area contributed by atoms with Gasteiger partial charge in [-0.2, -0.15) is 18.5 Å². The number of hydrogen-bond donors (Lipinski definition) is 0. The molecule has 1 heterocycles. The highest BCUT2D eigenvalue weighted by atomic mass is 32.2. The molecule has 0 bridgehead atoms. The van der Waals surface area contributed by atoms with Crippen LogP contribution in [-0.2, 0) is 14.9 Å². The van der Waals surface area contributed by atoms with Crippen LogP contribution in [0.3, 0.4) is 0 Å². The molecule has 0 saturated heterocycles. The minimum absolute atomic E-state index is 0.0520. The molecule has 0 N–H and O–H groups in total. The van der Waals surface area contributed by atoms with E-state index in [2.05, 4.69) is 5.10 Å². The summed E-state index contributed by atoms with van der Waals surface area (Å²) in [6.45, 7) is 5.74. The van der Waals surface area contributed by atoms with Crippen molar-refractivity contribution in [3.63, 3.8) is 0 Å². The number of aryl methyl sites for hydroxylation is 1. The summed E-state index contributed by atoms with van der Waals surface area (Å²) in [6.07, 6.45) is 1.70. The summed E-state index contributed by atoms with van der Waals surface area (Å²) in [5, 5.41) is 5.74. The molecule has 0 saturated carbocycles. The first-order valence-electron chi connectivity index (χ1n) is 10.7. The van der Waals surface area contributed by atoms with E-state index in [0.717, 1.165) is 5.56 Å². The van der Waals surface area contributed by atoms with E-state index >= 15 is 0 Å². The maximum Gasteiger partial charge on any atom is 0.339 e. The molecule has 8 heteroatoms. The quantitative estimate of drug-likeness (QED) is 0.355. The lowest BCUT2D eigenvalue weighted by atomic mass is 10.1. The van der Waals surface area contributed by atoms with Crippen LogP contribution in [-0.4, -0.2) is 26.6 Å².